The Kier molecular flexibility index (Phi) is 4.82. The van der Waals surface area contributed by atoms with Crippen LogP contribution in [0, 0.1) is 0 Å². The summed E-state index contributed by atoms with van der Waals surface area (Å²) in [5.41, 5.74) is 1.60. The van der Waals surface area contributed by atoms with Crippen LogP contribution in [0.3, 0.4) is 0 Å². The van der Waals surface area contributed by atoms with Crippen molar-refractivity contribution in [3.8, 4) is 0 Å². The third-order valence-corrected chi connectivity index (χ3v) is 4.83. The molecule has 0 aliphatic rings. The van der Waals surface area contributed by atoms with Gasteiger partial charge in [-0.05, 0) is 0 Å². The highest BCUT2D eigenvalue weighted by molar-refractivity contribution is 5.69. The van der Waals surface area contributed by atoms with E-state index in [1.54, 1.807) is 13.4 Å². The summed E-state index contributed by atoms with van der Waals surface area (Å²) in [7, 11) is 7.56. The molecule has 0 aliphatic carbocycles. The van der Waals surface area contributed by atoms with Crippen molar-refractivity contribution < 1.29 is 4.48 Å². The summed E-state index contributed by atoms with van der Waals surface area (Å²) in [4.78, 5) is 28.7. The average molecular weight is 356 g/mol. The van der Waals surface area contributed by atoms with Gasteiger partial charge in [0, 0.05) is 32.6 Å². The molecule has 0 N–H and O–H groups in total. The first kappa shape index (κ1) is 18.1. The van der Waals surface area contributed by atoms with Crippen molar-refractivity contribution in [2.24, 2.45) is 14.1 Å². The normalized spacial score (nSPS) is 12.0. The lowest BCUT2D eigenvalue weighted by atomic mass is 10.2. The minimum atomic E-state index is -0.353. The third kappa shape index (κ3) is 3.48. The Balaban J connectivity index is 1.74. The minimum absolute atomic E-state index is 0.293. The quantitative estimate of drug-likeness (QED) is 0.622. The molecule has 0 amide bonds. The number of benzene rings is 1. The Bertz CT molecular complexity index is 1030. The maximum Gasteiger partial charge on any atom is 0.332 e. The summed E-state index contributed by atoms with van der Waals surface area (Å²) >= 11 is 0. The van der Waals surface area contributed by atoms with Gasteiger partial charge >= 0.3 is 5.69 Å². The van der Waals surface area contributed by atoms with Gasteiger partial charge in [-0.15, -0.1) is 0 Å². The van der Waals surface area contributed by atoms with Crippen LogP contribution in [0.5, 0.6) is 0 Å². The van der Waals surface area contributed by atoms with Gasteiger partial charge in [0.25, 0.3) is 5.56 Å². The van der Waals surface area contributed by atoms with E-state index in [4.69, 9.17) is 0 Å². The van der Waals surface area contributed by atoms with E-state index in [9.17, 15) is 9.59 Å². The number of hydrogen-bond acceptors (Lipinski definition) is 3. The largest absolute Gasteiger partial charge is 0.332 e. The van der Waals surface area contributed by atoms with Crippen LogP contribution in [0.1, 0.15) is 12.0 Å². The van der Waals surface area contributed by atoms with Crippen LogP contribution >= 0.6 is 0 Å². The molecule has 0 atom stereocenters. The van der Waals surface area contributed by atoms with Gasteiger partial charge in [0.15, 0.2) is 11.2 Å². The number of hydrogen-bond donors (Lipinski definition) is 0. The number of aryl methyl sites for hydroxylation is 2. The molecule has 1 aromatic carbocycles. The van der Waals surface area contributed by atoms with E-state index in [1.807, 2.05) is 10.6 Å². The topological polar surface area (TPSA) is 61.8 Å². The molecule has 26 heavy (non-hydrogen) atoms. The molecule has 2 aromatic heterocycles. The maximum atomic E-state index is 12.5. The van der Waals surface area contributed by atoms with E-state index < -0.39 is 0 Å². The summed E-state index contributed by atoms with van der Waals surface area (Å²) < 4.78 is 5.28. The fourth-order valence-corrected chi connectivity index (χ4v) is 3.39. The minimum Gasteiger partial charge on any atom is -0.325 e. The van der Waals surface area contributed by atoms with Crippen LogP contribution < -0.4 is 11.2 Å². The average Bonchev–Trinajstić information content (AvgIpc) is 3.02. The van der Waals surface area contributed by atoms with E-state index >= 15 is 0 Å². The molecule has 0 aliphatic heterocycles. The third-order valence-electron chi connectivity index (χ3n) is 4.83. The summed E-state index contributed by atoms with van der Waals surface area (Å²) in [5, 5.41) is 0. The number of aromatic nitrogens is 4. The van der Waals surface area contributed by atoms with Crippen LogP contribution in [0.25, 0.3) is 11.2 Å². The van der Waals surface area contributed by atoms with E-state index in [-0.39, 0.29) is 11.2 Å². The van der Waals surface area contributed by atoms with Gasteiger partial charge < -0.3 is 9.05 Å². The number of imidazole rings is 1. The van der Waals surface area contributed by atoms with Crippen LogP contribution in [-0.4, -0.2) is 43.8 Å². The fourth-order valence-electron chi connectivity index (χ4n) is 3.39. The number of rotatable bonds is 6. The van der Waals surface area contributed by atoms with E-state index in [1.165, 1.54) is 17.2 Å². The molecule has 7 heteroatoms. The van der Waals surface area contributed by atoms with Crippen molar-refractivity contribution in [1.82, 2.24) is 18.7 Å². The Hall–Kier alpha value is -2.67. The molecule has 0 radical (unpaired) electrons. The summed E-state index contributed by atoms with van der Waals surface area (Å²) in [6, 6.07) is 10.4. The first-order valence-electron chi connectivity index (χ1n) is 8.77. The molecule has 2 heterocycles. The highest BCUT2D eigenvalue weighted by Crippen LogP contribution is 2.12. The predicted molar refractivity (Wildman–Crippen MR) is 102 cm³/mol. The van der Waals surface area contributed by atoms with Gasteiger partial charge in [-0.3, -0.25) is 13.9 Å². The van der Waals surface area contributed by atoms with Gasteiger partial charge in [-0.25, -0.2) is 9.78 Å². The first-order valence-corrected chi connectivity index (χ1v) is 8.77. The van der Waals surface area contributed by atoms with Gasteiger partial charge in [-0.2, -0.15) is 0 Å². The zero-order valence-electron chi connectivity index (χ0n) is 15.8. The number of quaternary nitrogens is 1. The predicted octanol–water partition coefficient (Wildman–Crippen LogP) is 1.10. The SMILES string of the molecule is Cn1c(=O)c2c(ncn2CCC[N+](C)(C)Cc2ccccc2)n(C)c1=O. The molecule has 0 saturated heterocycles. The van der Waals surface area contributed by atoms with Gasteiger partial charge in [0.1, 0.15) is 6.54 Å². The van der Waals surface area contributed by atoms with E-state index in [0.717, 1.165) is 28.6 Å². The van der Waals surface area contributed by atoms with Crippen LogP contribution in [0.4, 0.5) is 0 Å². The van der Waals surface area contributed by atoms with Crippen molar-refractivity contribution in [2.45, 2.75) is 19.5 Å². The molecule has 3 rings (SSSR count). The molecule has 138 valence electrons. The fraction of sp³-hybridized carbons (Fsp3) is 0.421. The van der Waals surface area contributed by atoms with Crippen molar-refractivity contribution in [3.63, 3.8) is 0 Å². The molecule has 0 saturated carbocycles. The highest BCUT2D eigenvalue weighted by Gasteiger charge is 2.17. The van der Waals surface area contributed by atoms with Crippen molar-refractivity contribution in [3.05, 3.63) is 63.1 Å². The molecule has 0 bridgehead atoms. The second-order valence-electron chi connectivity index (χ2n) is 7.47. The summed E-state index contributed by atoms with van der Waals surface area (Å²) in [5.74, 6) is 0. The Labute approximate surface area is 152 Å². The first-order chi connectivity index (χ1) is 12.3. The number of nitrogens with zero attached hydrogens (tertiary/aromatic N) is 5. The zero-order chi connectivity index (χ0) is 18.9. The van der Waals surface area contributed by atoms with Gasteiger partial charge in [0.2, 0.25) is 0 Å². The lowest BCUT2D eigenvalue weighted by Gasteiger charge is -2.30. The second kappa shape index (κ2) is 6.92. The molecule has 7 nitrogen and oxygen atoms in total. The maximum absolute atomic E-state index is 12.5. The van der Waals surface area contributed by atoms with Gasteiger partial charge in [0.05, 0.1) is 27.0 Å². The molecule has 0 unspecified atom stereocenters. The number of fused-ring (bicyclic) bond motifs is 1. The molecule has 0 spiro atoms. The van der Waals surface area contributed by atoms with Crippen molar-refractivity contribution in [1.29, 1.82) is 0 Å². The zero-order valence-corrected chi connectivity index (χ0v) is 15.8. The van der Waals surface area contributed by atoms with Crippen molar-refractivity contribution in [2.75, 3.05) is 20.6 Å². The molecular weight excluding hydrogens is 330 g/mol. The summed E-state index contributed by atoms with van der Waals surface area (Å²) in [6.45, 7) is 2.63. The van der Waals surface area contributed by atoms with Crippen LogP contribution in [-0.2, 0) is 27.2 Å². The Morgan fingerprint density at radius 2 is 1.73 bits per heavy atom. The van der Waals surface area contributed by atoms with E-state index in [0.29, 0.717) is 17.7 Å². The lowest BCUT2D eigenvalue weighted by molar-refractivity contribution is -0.903. The van der Waals surface area contributed by atoms with Crippen LogP contribution in [0.2, 0.25) is 0 Å². The second-order valence-corrected chi connectivity index (χ2v) is 7.47. The van der Waals surface area contributed by atoms with Crippen molar-refractivity contribution >= 4 is 11.2 Å². The van der Waals surface area contributed by atoms with Gasteiger partial charge in [-0.1, -0.05) is 30.3 Å². The van der Waals surface area contributed by atoms with E-state index in [2.05, 4.69) is 43.3 Å². The smallest absolute Gasteiger partial charge is 0.325 e. The lowest BCUT2D eigenvalue weighted by Crippen LogP contribution is -2.40. The van der Waals surface area contributed by atoms with Crippen LogP contribution in [0.15, 0.2) is 46.2 Å². The Morgan fingerprint density at radius 1 is 1.04 bits per heavy atom. The molecular formula is C19H26N5O2+. The highest BCUT2D eigenvalue weighted by atomic mass is 16.2. The molecule has 3 aromatic rings. The summed E-state index contributed by atoms with van der Waals surface area (Å²) in [6.07, 6.45) is 2.57. The Morgan fingerprint density at radius 3 is 2.42 bits per heavy atom. The molecule has 0 fully saturated rings. The monoisotopic (exact) mass is 356 g/mol. The standard InChI is InChI=1S/C19H26N5O2/c1-21-17-16(18(25)22(2)19(21)26)23(14-20-17)11-8-12-24(3,4)13-15-9-6-5-7-10-15/h5-7,9-10,14H,8,11-13H2,1-4H3/q+1.